The Morgan fingerprint density at radius 1 is 1.22 bits per heavy atom. The predicted molar refractivity (Wildman–Crippen MR) is 104 cm³/mol. The fraction of sp³-hybridized carbons (Fsp3) is 0.250. The highest BCUT2D eigenvalue weighted by Crippen LogP contribution is 2.37. The number of amides is 2. The molecule has 0 unspecified atom stereocenters. The number of rotatable bonds is 3. The number of hydrazine groups is 1. The number of para-hydroxylation sites is 1. The molecule has 0 fully saturated rings. The van der Waals surface area contributed by atoms with E-state index in [1.807, 2.05) is 18.2 Å². The van der Waals surface area contributed by atoms with Crippen molar-refractivity contribution in [3.63, 3.8) is 0 Å². The van der Waals surface area contributed by atoms with E-state index in [1.165, 1.54) is 21.2 Å². The summed E-state index contributed by atoms with van der Waals surface area (Å²) >= 11 is 1.49. The van der Waals surface area contributed by atoms with Crippen molar-refractivity contribution in [3.8, 4) is 6.07 Å². The number of nitriles is 1. The quantitative estimate of drug-likeness (QED) is 0.858. The summed E-state index contributed by atoms with van der Waals surface area (Å²) in [5.74, 6) is -0.486. The molecule has 0 radical (unpaired) electrons. The molecule has 0 bridgehead atoms. The zero-order chi connectivity index (χ0) is 18.8. The lowest BCUT2D eigenvalue weighted by atomic mass is 9.96. The van der Waals surface area contributed by atoms with E-state index in [2.05, 4.69) is 16.8 Å². The number of carbonyl (C=O) groups excluding carboxylic acids is 2. The maximum absolute atomic E-state index is 12.7. The van der Waals surface area contributed by atoms with Gasteiger partial charge in [-0.1, -0.05) is 18.2 Å². The molecule has 6 nitrogen and oxygen atoms in total. The van der Waals surface area contributed by atoms with E-state index in [1.54, 1.807) is 18.2 Å². The zero-order valence-corrected chi connectivity index (χ0v) is 15.4. The monoisotopic (exact) mass is 378 g/mol. The highest BCUT2D eigenvalue weighted by Gasteiger charge is 2.26. The molecule has 1 aromatic carbocycles. The van der Waals surface area contributed by atoms with Gasteiger partial charge in [0.15, 0.2) is 0 Å². The van der Waals surface area contributed by atoms with Gasteiger partial charge in [0, 0.05) is 11.3 Å². The second-order valence-corrected chi connectivity index (χ2v) is 7.58. The number of hydrogen-bond donors (Lipinski definition) is 2. The van der Waals surface area contributed by atoms with Crippen molar-refractivity contribution in [2.24, 2.45) is 0 Å². The Morgan fingerprint density at radius 2 is 2.00 bits per heavy atom. The van der Waals surface area contributed by atoms with Gasteiger partial charge in [-0.25, -0.2) is 5.01 Å². The third kappa shape index (κ3) is 3.32. The molecular formula is C20H18N4O2S. The van der Waals surface area contributed by atoms with Crippen LogP contribution in [0.3, 0.4) is 0 Å². The number of thiophene rings is 1. The maximum atomic E-state index is 12.7. The molecule has 2 aromatic rings. The number of hydrogen-bond acceptors (Lipinski definition) is 5. The van der Waals surface area contributed by atoms with Crippen molar-refractivity contribution >= 4 is 33.8 Å². The number of anilines is 2. The van der Waals surface area contributed by atoms with Crippen LogP contribution >= 0.6 is 11.3 Å². The Bertz CT molecular complexity index is 972. The lowest BCUT2D eigenvalue weighted by molar-refractivity contribution is -0.119. The fourth-order valence-electron chi connectivity index (χ4n) is 3.38. The van der Waals surface area contributed by atoms with Crippen LogP contribution in [0.25, 0.3) is 0 Å². The molecule has 2 heterocycles. The molecule has 27 heavy (non-hydrogen) atoms. The molecule has 2 aliphatic rings. The lowest BCUT2D eigenvalue weighted by Gasteiger charge is -2.28. The van der Waals surface area contributed by atoms with Crippen LogP contribution in [0.5, 0.6) is 0 Å². The second-order valence-electron chi connectivity index (χ2n) is 6.48. The summed E-state index contributed by atoms with van der Waals surface area (Å²) in [6, 6.07) is 11.4. The van der Waals surface area contributed by atoms with Crippen LogP contribution in [0.2, 0.25) is 0 Å². The summed E-state index contributed by atoms with van der Waals surface area (Å²) in [6.45, 7) is 0. The van der Waals surface area contributed by atoms with Gasteiger partial charge in [-0.05, 0) is 49.5 Å². The molecule has 0 atom stereocenters. The predicted octanol–water partition coefficient (Wildman–Crippen LogP) is 3.26. The van der Waals surface area contributed by atoms with Gasteiger partial charge < -0.3 is 5.32 Å². The van der Waals surface area contributed by atoms with Crippen LogP contribution < -0.4 is 15.8 Å². The van der Waals surface area contributed by atoms with Crippen molar-refractivity contribution in [1.82, 2.24) is 5.43 Å². The average Bonchev–Trinajstić information content (AvgIpc) is 3.05. The molecule has 7 heteroatoms. The minimum absolute atomic E-state index is 0.136. The van der Waals surface area contributed by atoms with E-state index < -0.39 is 0 Å². The van der Waals surface area contributed by atoms with E-state index in [0.717, 1.165) is 31.2 Å². The Kier molecular flexibility index (Phi) is 4.65. The molecule has 1 aliphatic carbocycles. The normalized spacial score (nSPS) is 16.0. The number of nitrogens with zero attached hydrogens (tertiary/aromatic N) is 2. The molecule has 1 aromatic heterocycles. The topological polar surface area (TPSA) is 85.2 Å². The molecule has 2 N–H and O–H groups in total. The van der Waals surface area contributed by atoms with Gasteiger partial charge in [0.1, 0.15) is 16.8 Å². The molecule has 0 saturated heterocycles. The van der Waals surface area contributed by atoms with Crippen molar-refractivity contribution in [1.29, 1.82) is 5.26 Å². The van der Waals surface area contributed by atoms with Crippen molar-refractivity contribution in [3.05, 3.63) is 58.1 Å². The van der Waals surface area contributed by atoms with E-state index in [4.69, 9.17) is 0 Å². The van der Waals surface area contributed by atoms with Gasteiger partial charge in [0.25, 0.3) is 5.91 Å². The van der Waals surface area contributed by atoms with Crippen LogP contribution in [-0.2, 0) is 22.4 Å². The van der Waals surface area contributed by atoms with Gasteiger partial charge in [-0.2, -0.15) is 5.26 Å². The smallest absolute Gasteiger partial charge is 0.273 e. The van der Waals surface area contributed by atoms with Crippen LogP contribution in [0.4, 0.5) is 10.7 Å². The summed E-state index contributed by atoms with van der Waals surface area (Å²) in [5, 5.41) is 14.4. The Balaban J connectivity index is 1.55. The summed E-state index contributed by atoms with van der Waals surface area (Å²) in [5.41, 5.74) is 5.52. The minimum atomic E-state index is -0.349. The van der Waals surface area contributed by atoms with Crippen LogP contribution in [0.1, 0.15) is 35.3 Å². The van der Waals surface area contributed by atoms with Gasteiger partial charge >= 0.3 is 0 Å². The number of fused-ring (bicyclic) bond motifs is 1. The van der Waals surface area contributed by atoms with Gasteiger partial charge in [-0.3, -0.25) is 15.0 Å². The van der Waals surface area contributed by atoms with Crippen molar-refractivity contribution < 1.29 is 9.59 Å². The fourth-order valence-corrected chi connectivity index (χ4v) is 4.62. The average molecular weight is 378 g/mol. The summed E-state index contributed by atoms with van der Waals surface area (Å²) in [6.07, 6.45) is 5.76. The van der Waals surface area contributed by atoms with Crippen LogP contribution in [0, 0.1) is 11.3 Å². The Labute approximate surface area is 161 Å². The van der Waals surface area contributed by atoms with Crippen LogP contribution in [0.15, 0.2) is 42.1 Å². The van der Waals surface area contributed by atoms with E-state index in [-0.39, 0.29) is 18.2 Å². The summed E-state index contributed by atoms with van der Waals surface area (Å²) in [7, 11) is 0. The number of carbonyl (C=O) groups is 2. The third-order valence-corrected chi connectivity index (χ3v) is 5.94. The van der Waals surface area contributed by atoms with Crippen molar-refractivity contribution in [2.45, 2.75) is 32.1 Å². The first kappa shape index (κ1) is 17.3. The SMILES string of the molecule is N#Cc1c(NC(=O)C2=CCC(=O)N(c3ccccc3)N2)sc2c1CCCC2. The molecule has 2 amide bonds. The second kappa shape index (κ2) is 7.25. The van der Waals surface area contributed by atoms with Gasteiger partial charge in [0.2, 0.25) is 5.91 Å². The molecule has 136 valence electrons. The van der Waals surface area contributed by atoms with E-state index >= 15 is 0 Å². The zero-order valence-electron chi connectivity index (χ0n) is 14.6. The summed E-state index contributed by atoms with van der Waals surface area (Å²) < 4.78 is 0. The first-order valence-corrected chi connectivity index (χ1v) is 9.70. The Hall–Kier alpha value is -3.11. The van der Waals surface area contributed by atoms with Crippen LogP contribution in [-0.4, -0.2) is 11.8 Å². The van der Waals surface area contributed by atoms with Gasteiger partial charge in [-0.15, -0.1) is 11.3 Å². The van der Waals surface area contributed by atoms with Crippen molar-refractivity contribution in [2.75, 3.05) is 10.3 Å². The highest BCUT2D eigenvalue weighted by atomic mass is 32.1. The first-order valence-electron chi connectivity index (χ1n) is 8.88. The number of nitrogens with one attached hydrogen (secondary N) is 2. The van der Waals surface area contributed by atoms with E-state index in [9.17, 15) is 14.9 Å². The highest BCUT2D eigenvalue weighted by molar-refractivity contribution is 7.16. The van der Waals surface area contributed by atoms with Gasteiger partial charge in [0.05, 0.1) is 11.3 Å². The van der Waals surface area contributed by atoms with E-state index in [0.29, 0.717) is 21.9 Å². The lowest BCUT2D eigenvalue weighted by Crippen LogP contribution is -2.47. The molecule has 1 aliphatic heterocycles. The largest absolute Gasteiger partial charge is 0.311 e. The summed E-state index contributed by atoms with van der Waals surface area (Å²) in [4.78, 5) is 26.1. The molecule has 0 saturated carbocycles. The Morgan fingerprint density at radius 3 is 2.78 bits per heavy atom. The molecule has 0 spiro atoms. The molecule has 4 rings (SSSR count). The first-order chi connectivity index (χ1) is 13.2. The third-order valence-electron chi connectivity index (χ3n) is 4.73. The number of benzene rings is 1. The standard InChI is InChI=1S/C20H18N4O2S/c21-12-15-14-8-4-5-9-17(14)27-20(15)22-19(26)16-10-11-18(25)24(23-16)13-6-2-1-3-7-13/h1-3,6-7,10,23H,4-5,8-9,11H2,(H,22,26). The minimum Gasteiger partial charge on any atom is -0.311 e. The molecular weight excluding hydrogens is 360 g/mol. The maximum Gasteiger partial charge on any atom is 0.273 e. The number of aryl methyl sites for hydroxylation is 1.